The first kappa shape index (κ1) is 19.4. The summed E-state index contributed by atoms with van der Waals surface area (Å²) in [5.74, 6) is 0.127. The topological polar surface area (TPSA) is 47.6 Å². The van der Waals surface area contributed by atoms with Crippen molar-refractivity contribution in [3.8, 4) is 11.5 Å². The first-order valence-corrected chi connectivity index (χ1v) is 7.67. The number of carbonyl (C=O) groups excluding carboxylic acids is 1. The first-order valence-electron chi connectivity index (χ1n) is 7.67. The van der Waals surface area contributed by atoms with Crippen molar-refractivity contribution >= 4 is 12.0 Å². The van der Waals surface area contributed by atoms with Crippen LogP contribution in [0.4, 0.5) is 13.2 Å². The Labute approximate surface area is 149 Å². The van der Waals surface area contributed by atoms with E-state index in [1.807, 2.05) is 5.32 Å². The Balaban J connectivity index is 2.17. The number of hydrogen-bond acceptors (Lipinski definition) is 3. The van der Waals surface area contributed by atoms with E-state index in [9.17, 15) is 18.0 Å². The molecule has 1 atom stereocenters. The molecular formula is C19H18F3NO3. The quantitative estimate of drug-likeness (QED) is 0.783. The molecule has 0 spiro atoms. The first-order chi connectivity index (χ1) is 12.3. The Kier molecular flexibility index (Phi) is 6.27. The number of methoxy groups -OCH3 is 2. The van der Waals surface area contributed by atoms with Crippen LogP contribution in [0.1, 0.15) is 17.2 Å². The molecule has 0 aliphatic heterocycles. The fraction of sp³-hybridized carbons (Fsp3) is 0.211. The summed E-state index contributed by atoms with van der Waals surface area (Å²) in [6.45, 7) is 0. The van der Waals surface area contributed by atoms with Crippen LogP contribution in [0.3, 0.4) is 0 Å². The standard InChI is InChI=1S/C19H18F3NO3/c1-25-15-10-8-13(16(12-15)26-2)9-11-17(24)23-18(19(20,21)22)14-6-4-3-5-7-14/h3-12,18H,1-2H3,(H,23,24)/b11-9+. The van der Waals surface area contributed by atoms with Crippen LogP contribution in [0.15, 0.2) is 54.6 Å². The smallest absolute Gasteiger partial charge is 0.412 e. The number of benzene rings is 2. The molecule has 0 heterocycles. The average Bonchev–Trinajstić information content (AvgIpc) is 2.64. The molecule has 2 rings (SSSR count). The molecule has 7 heteroatoms. The lowest BCUT2D eigenvalue weighted by molar-refractivity contribution is -0.162. The highest BCUT2D eigenvalue weighted by Gasteiger charge is 2.41. The van der Waals surface area contributed by atoms with Crippen molar-refractivity contribution in [2.75, 3.05) is 14.2 Å². The second-order valence-corrected chi connectivity index (χ2v) is 5.34. The van der Waals surface area contributed by atoms with Gasteiger partial charge in [-0.2, -0.15) is 13.2 Å². The van der Waals surface area contributed by atoms with Crippen LogP contribution in [0.25, 0.3) is 6.08 Å². The van der Waals surface area contributed by atoms with Crippen molar-refractivity contribution in [1.29, 1.82) is 0 Å². The minimum atomic E-state index is -4.61. The van der Waals surface area contributed by atoms with Crippen LogP contribution in [0, 0.1) is 0 Å². The number of amides is 1. The zero-order valence-corrected chi connectivity index (χ0v) is 14.2. The van der Waals surface area contributed by atoms with Gasteiger partial charge in [0.1, 0.15) is 11.5 Å². The zero-order chi connectivity index (χ0) is 19.2. The zero-order valence-electron chi connectivity index (χ0n) is 14.2. The van der Waals surface area contributed by atoms with Gasteiger partial charge in [-0.15, -0.1) is 0 Å². The highest BCUT2D eigenvalue weighted by Crippen LogP contribution is 2.32. The Hall–Kier alpha value is -2.96. The highest BCUT2D eigenvalue weighted by atomic mass is 19.4. The second kappa shape index (κ2) is 8.42. The van der Waals surface area contributed by atoms with Crippen LogP contribution in [-0.4, -0.2) is 26.3 Å². The van der Waals surface area contributed by atoms with Gasteiger partial charge in [0.15, 0.2) is 6.04 Å². The largest absolute Gasteiger partial charge is 0.497 e. The predicted octanol–water partition coefficient (Wildman–Crippen LogP) is 4.14. The van der Waals surface area contributed by atoms with Gasteiger partial charge in [0.05, 0.1) is 14.2 Å². The molecule has 0 saturated carbocycles. The minimum absolute atomic E-state index is 0.0382. The molecule has 0 aliphatic rings. The molecule has 1 amide bonds. The lowest BCUT2D eigenvalue weighted by Gasteiger charge is -2.21. The number of rotatable bonds is 6. The van der Waals surface area contributed by atoms with E-state index >= 15 is 0 Å². The van der Waals surface area contributed by atoms with Gasteiger partial charge in [-0.3, -0.25) is 4.79 Å². The maximum Gasteiger partial charge on any atom is 0.412 e. The van der Waals surface area contributed by atoms with Crippen LogP contribution in [0.2, 0.25) is 0 Å². The van der Waals surface area contributed by atoms with Gasteiger partial charge in [-0.05, 0) is 23.8 Å². The molecule has 4 nitrogen and oxygen atoms in total. The van der Waals surface area contributed by atoms with Crippen molar-refractivity contribution < 1.29 is 27.4 Å². The molecule has 0 aromatic heterocycles. The molecule has 2 aromatic rings. The van der Waals surface area contributed by atoms with Gasteiger partial charge in [0.2, 0.25) is 5.91 Å². The molecule has 138 valence electrons. The van der Waals surface area contributed by atoms with Crippen LogP contribution in [-0.2, 0) is 4.79 Å². The summed E-state index contributed by atoms with van der Waals surface area (Å²) in [7, 11) is 2.94. The van der Waals surface area contributed by atoms with E-state index in [2.05, 4.69) is 0 Å². The third-order valence-corrected chi connectivity index (χ3v) is 3.60. The summed E-state index contributed by atoms with van der Waals surface area (Å²) in [4.78, 5) is 12.0. The molecule has 26 heavy (non-hydrogen) atoms. The number of carbonyl (C=O) groups is 1. The molecule has 0 aliphatic carbocycles. The van der Waals surface area contributed by atoms with E-state index in [1.54, 1.807) is 24.3 Å². The summed E-state index contributed by atoms with van der Waals surface area (Å²) in [6, 6.07) is 10.0. The molecule has 0 bridgehead atoms. The predicted molar refractivity (Wildman–Crippen MR) is 92.0 cm³/mol. The Morgan fingerprint density at radius 2 is 1.77 bits per heavy atom. The van der Waals surface area contributed by atoms with Crippen molar-refractivity contribution in [3.05, 3.63) is 65.7 Å². The number of alkyl halides is 3. The van der Waals surface area contributed by atoms with Crippen molar-refractivity contribution in [3.63, 3.8) is 0 Å². The number of ether oxygens (including phenoxy) is 2. The number of hydrogen-bond donors (Lipinski definition) is 1. The highest BCUT2D eigenvalue weighted by molar-refractivity contribution is 5.92. The van der Waals surface area contributed by atoms with E-state index in [4.69, 9.17) is 9.47 Å². The summed E-state index contributed by atoms with van der Waals surface area (Å²) >= 11 is 0. The van der Waals surface area contributed by atoms with Crippen LogP contribution >= 0.6 is 0 Å². The summed E-state index contributed by atoms with van der Waals surface area (Å²) < 4.78 is 50.0. The fourth-order valence-electron chi connectivity index (χ4n) is 2.31. The van der Waals surface area contributed by atoms with Crippen molar-refractivity contribution in [2.24, 2.45) is 0 Å². The molecule has 0 radical (unpaired) electrons. The summed E-state index contributed by atoms with van der Waals surface area (Å²) in [5.41, 5.74) is 0.496. The summed E-state index contributed by atoms with van der Waals surface area (Å²) in [6.07, 6.45) is -2.19. The van der Waals surface area contributed by atoms with Crippen molar-refractivity contribution in [2.45, 2.75) is 12.2 Å². The van der Waals surface area contributed by atoms with E-state index in [-0.39, 0.29) is 5.56 Å². The second-order valence-electron chi connectivity index (χ2n) is 5.34. The minimum Gasteiger partial charge on any atom is -0.497 e. The molecule has 1 unspecified atom stereocenters. The molecule has 0 fully saturated rings. The average molecular weight is 365 g/mol. The number of halogens is 3. The Morgan fingerprint density at radius 1 is 1.08 bits per heavy atom. The summed E-state index contributed by atoms with van der Waals surface area (Å²) in [5, 5.41) is 1.99. The van der Waals surface area contributed by atoms with E-state index in [0.29, 0.717) is 17.1 Å². The normalized spacial score (nSPS) is 12.7. The van der Waals surface area contributed by atoms with Crippen LogP contribution < -0.4 is 14.8 Å². The third kappa shape index (κ3) is 5.02. The van der Waals surface area contributed by atoms with Gasteiger partial charge < -0.3 is 14.8 Å². The van der Waals surface area contributed by atoms with Gasteiger partial charge in [-0.25, -0.2) is 0 Å². The van der Waals surface area contributed by atoms with Gasteiger partial charge >= 0.3 is 6.18 Å². The molecule has 1 N–H and O–H groups in total. The lowest BCUT2D eigenvalue weighted by atomic mass is 10.1. The van der Waals surface area contributed by atoms with E-state index in [1.165, 1.54) is 44.6 Å². The SMILES string of the molecule is COc1ccc(/C=C/C(=O)NC(c2ccccc2)C(F)(F)F)c(OC)c1. The van der Waals surface area contributed by atoms with Crippen LogP contribution in [0.5, 0.6) is 11.5 Å². The molecule has 2 aromatic carbocycles. The van der Waals surface area contributed by atoms with Gasteiger partial charge in [-0.1, -0.05) is 30.3 Å². The maximum atomic E-state index is 13.3. The molecular weight excluding hydrogens is 347 g/mol. The monoisotopic (exact) mass is 365 g/mol. The van der Waals surface area contributed by atoms with E-state index in [0.717, 1.165) is 6.08 Å². The van der Waals surface area contributed by atoms with Gasteiger partial charge in [0.25, 0.3) is 0 Å². The third-order valence-electron chi connectivity index (χ3n) is 3.60. The fourth-order valence-corrected chi connectivity index (χ4v) is 2.31. The van der Waals surface area contributed by atoms with E-state index < -0.39 is 18.1 Å². The van der Waals surface area contributed by atoms with Gasteiger partial charge in [0, 0.05) is 17.7 Å². The maximum absolute atomic E-state index is 13.3. The number of nitrogens with one attached hydrogen (secondary N) is 1. The Morgan fingerprint density at radius 3 is 2.35 bits per heavy atom. The molecule has 0 saturated heterocycles. The Bertz CT molecular complexity index is 773. The van der Waals surface area contributed by atoms with Crippen molar-refractivity contribution in [1.82, 2.24) is 5.32 Å². The lowest BCUT2D eigenvalue weighted by Crippen LogP contribution is -2.37.